The number of nitrogens with two attached hydrogens (primary N) is 1. The van der Waals surface area contributed by atoms with Crippen LogP contribution in [0.5, 0.6) is 11.5 Å². The van der Waals surface area contributed by atoms with Crippen molar-refractivity contribution in [2.24, 2.45) is 5.73 Å². The molecule has 0 fully saturated rings. The molecular weight excluding hydrogens is 328 g/mol. The van der Waals surface area contributed by atoms with Gasteiger partial charge < -0.3 is 15.6 Å². The molecule has 1 aliphatic rings. The summed E-state index contributed by atoms with van der Waals surface area (Å²) in [5.41, 5.74) is 6.88. The molecule has 1 heterocycles. The Morgan fingerprint density at radius 1 is 1.27 bits per heavy atom. The average molecular weight is 342 g/mol. The lowest BCUT2D eigenvalue weighted by Crippen LogP contribution is -2.30. The van der Waals surface area contributed by atoms with Crippen LogP contribution in [-0.4, -0.2) is 17.8 Å². The molecule has 2 aromatic carbocycles. The SMILES string of the molecule is NC[C@H]1CCc2cc(F)c(O)c(-c3c(Cl)cccc3Cl)c2O1. The Balaban J connectivity index is 2.29. The predicted molar refractivity (Wildman–Crippen MR) is 85.3 cm³/mol. The van der Waals surface area contributed by atoms with Crippen LogP contribution in [0.25, 0.3) is 11.1 Å². The highest BCUT2D eigenvalue weighted by Crippen LogP contribution is 2.49. The lowest BCUT2D eigenvalue weighted by molar-refractivity contribution is 0.181. The Labute approximate surface area is 137 Å². The first-order valence-electron chi connectivity index (χ1n) is 6.88. The van der Waals surface area contributed by atoms with Crippen LogP contribution >= 0.6 is 23.2 Å². The zero-order valence-corrected chi connectivity index (χ0v) is 13.1. The summed E-state index contributed by atoms with van der Waals surface area (Å²) in [7, 11) is 0. The number of benzene rings is 2. The van der Waals surface area contributed by atoms with Crippen LogP contribution in [-0.2, 0) is 6.42 Å². The van der Waals surface area contributed by atoms with Crippen molar-refractivity contribution in [3.05, 3.63) is 45.7 Å². The molecule has 3 rings (SSSR count). The second-order valence-corrected chi connectivity index (χ2v) is 6.00. The Kier molecular flexibility index (Phi) is 4.17. The van der Waals surface area contributed by atoms with Crippen molar-refractivity contribution < 1.29 is 14.2 Å². The van der Waals surface area contributed by atoms with Crippen molar-refractivity contribution in [3.8, 4) is 22.6 Å². The van der Waals surface area contributed by atoms with E-state index in [0.29, 0.717) is 46.3 Å². The highest BCUT2D eigenvalue weighted by Gasteiger charge is 2.28. The van der Waals surface area contributed by atoms with Crippen LogP contribution in [0.2, 0.25) is 10.0 Å². The number of rotatable bonds is 2. The van der Waals surface area contributed by atoms with E-state index in [2.05, 4.69) is 0 Å². The van der Waals surface area contributed by atoms with Gasteiger partial charge in [0.05, 0.1) is 15.6 Å². The fourth-order valence-corrected chi connectivity index (χ4v) is 3.26. The van der Waals surface area contributed by atoms with Crippen LogP contribution in [0.4, 0.5) is 4.39 Å². The van der Waals surface area contributed by atoms with Crippen LogP contribution in [0.3, 0.4) is 0 Å². The van der Waals surface area contributed by atoms with Gasteiger partial charge in [0.15, 0.2) is 11.6 Å². The van der Waals surface area contributed by atoms with E-state index in [0.717, 1.165) is 0 Å². The van der Waals surface area contributed by atoms with E-state index in [4.69, 9.17) is 33.7 Å². The van der Waals surface area contributed by atoms with Crippen molar-refractivity contribution >= 4 is 23.2 Å². The highest BCUT2D eigenvalue weighted by molar-refractivity contribution is 6.39. The molecule has 116 valence electrons. The lowest BCUT2D eigenvalue weighted by Gasteiger charge is -2.28. The molecule has 0 amide bonds. The number of hydrogen-bond donors (Lipinski definition) is 2. The van der Waals surface area contributed by atoms with Gasteiger partial charge in [-0.25, -0.2) is 4.39 Å². The van der Waals surface area contributed by atoms with Crippen molar-refractivity contribution in [3.63, 3.8) is 0 Å². The zero-order chi connectivity index (χ0) is 15.9. The first kappa shape index (κ1) is 15.4. The van der Waals surface area contributed by atoms with Crippen LogP contribution in [0.15, 0.2) is 24.3 Å². The Hall–Kier alpha value is -1.49. The van der Waals surface area contributed by atoms with Crippen molar-refractivity contribution in [1.29, 1.82) is 0 Å². The number of phenolic OH excluding ortho intramolecular Hbond substituents is 1. The number of aryl methyl sites for hydroxylation is 1. The van der Waals surface area contributed by atoms with E-state index in [1.165, 1.54) is 6.07 Å². The standard InChI is InChI=1S/C16H14Cl2FNO2/c17-10-2-1-3-11(18)13(10)14-15(21)12(19)6-8-4-5-9(7-20)22-16(8)14/h1-3,6,9,21H,4-5,7,20H2/t9-/m1/s1. The number of halogens is 3. The summed E-state index contributed by atoms with van der Waals surface area (Å²) in [4.78, 5) is 0. The molecular formula is C16H14Cl2FNO2. The summed E-state index contributed by atoms with van der Waals surface area (Å²) in [6, 6.07) is 6.22. The quantitative estimate of drug-likeness (QED) is 0.862. The molecule has 0 saturated carbocycles. The van der Waals surface area contributed by atoms with Crippen molar-refractivity contribution in [1.82, 2.24) is 0 Å². The highest BCUT2D eigenvalue weighted by atomic mass is 35.5. The zero-order valence-electron chi connectivity index (χ0n) is 11.6. The minimum absolute atomic E-state index is 0.183. The molecule has 0 radical (unpaired) electrons. The molecule has 3 N–H and O–H groups in total. The van der Waals surface area contributed by atoms with Gasteiger partial charge in [-0.2, -0.15) is 0 Å². The van der Waals surface area contributed by atoms with E-state index in [1.54, 1.807) is 18.2 Å². The summed E-state index contributed by atoms with van der Waals surface area (Å²) >= 11 is 12.4. The smallest absolute Gasteiger partial charge is 0.166 e. The maximum Gasteiger partial charge on any atom is 0.166 e. The molecule has 0 spiro atoms. The Morgan fingerprint density at radius 3 is 2.59 bits per heavy atom. The van der Waals surface area contributed by atoms with Crippen molar-refractivity contribution in [2.75, 3.05) is 6.54 Å². The van der Waals surface area contributed by atoms with Gasteiger partial charge in [0.1, 0.15) is 11.9 Å². The fraction of sp³-hybridized carbons (Fsp3) is 0.250. The first-order chi connectivity index (χ1) is 10.5. The van der Waals surface area contributed by atoms with E-state index in [9.17, 15) is 9.50 Å². The summed E-state index contributed by atoms with van der Waals surface area (Å²) in [5, 5.41) is 10.8. The van der Waals surface area contributed by atoms with Crippen LogP contribution < -0.4 is 10.5 Å². The molecule has 0 aromatic heterocycles. The number of ether oxygens (including phenoxy) is 1. The van der Waals surface area contributed by atoms with Gasteiger partial charge in [-0.05, 0) is 36.6 Å². The van der Waals surface area contributed by atoms with Crippen LogP contribution in [0, 0.1) is 5.82 Å². The monoisotopic (exact) mass is 341 g/mol. The van der Waals surface area contributed by atoms with Gasteiger partial charge in [0.25, 0.3) is 0 Å². The average Bonchev–Trinajstić information content (AvgIpc) is 2.50. The Bertz CT molecular complexity index is 716. The third kappa shape index (κ3) is 2.51. The molecule has 6 heteroatoms. The van der Waals surface area contributed by atoms with E-state index in [-0.39, 0.29) is 11.7 Å². The summed E-state index contributed by atoms with van der Waals surface area (Å²) < 4.78 is 19.9. The van der Waals surface area contributed by atoms with Crippen molar-refractivity contribution in [2.45, 2.75) is 18.9 Å². The molecule has 1 atom stereocenters. The van der Waals surface area contributed by atoms with Crippen LogP contribution in [0.1, 0.15) is 12.0 Å². The molecule has 0 unspecified atom stereocenters. The van der Waals surface area contributed by atoms with E-state index < -0.39 is 11.6 Å². The number of aromatic hydroxyl groups is 1. The third-order valence-electron chi connectivity index (χ3n) is 3.78. The molecule has 0 bridgehead atoms. The predicted octanol–water partition coefficient (Wildman–Crippen LogP) is 4.16. The third-order valence-corrected chi connectivity index (χ3v) is 4.41. The molecule has 1 aliphatic heterocycles. The topological polar surface area (TPSA) is 55.5 Å². The summed E-state index contributed by atoms with van der Waals surface area (Å²) in [6.45, 7) is 0.341. The summed E-state index contributed by atoms with van der Waals surface area (Å²) in [5.74, 6) is -0.846. The molecule has 3 nitrogen and oxygen atoms in total. The second-order valence-electron chi connectivity index (χ2n) is 5.18. The number of hydrogen-bond acceptors (Lipinski definition) is 3. The first-order valence-corrected chi connectivity index (χ1v) is 7.64. The largest absolute Gasteiger partial charge is 0.504 e. The molecule has 0 saturated heterocycles. The van der Waals surface area contributed by atoms with E-state index >= 15 is 0 Å². The number of fused-ring (bicyclic) bond motifs is 1. The maximum absolute atomic E-state index is 14.1. The van der Waals surface area contributed by atoms with E-state index in [1.807, 2.05) is 0 Å². The maximum atomic E-state index is 14.1. The van der Waals surface area contributed by atoms with Gasteiger partial charge in [-0.3, -0.25) is 0 Å². The molecule has 0 aliphatic carbocycles. The summed E-state index contributed by atoms with van der Waals surface area (Å²) in [6.07, 6.45) is 1.13. The number of phenols is 1. The van der Waals surface area contributed by atoms with Gasteiger partial charge in [0.2, 0.25) is 0 Å². The van der Waals surface area contributed by atoms with Gasteiger partial charge in [-0.15, -0.1) is 0 Å². The van der Waals surface area contributed by atoms with Gasteiger partial charge in [-0.1, -0.05) is 29.3 Å². The fourth-order valence-electron chi connectivity index (χ4n) is 2.67. The Morgan fingerprint density at radius 2 is 1.95 bits per heavy atom. The lowest BCUT2D eigenvalue weighted by atomic mass is 9.94. The molecule has 22 heavy (non-hydrogen) atoms. The normalized spacial score (nSPS) is 17.0. The minimum atomic E-state index is -0.723. The van der Waals surface area contributed by atoms with Gasteiger partial charge >= 0.3 is 0 Å². The molecule has 2 aromatic rings. The minimum Gasteiger partial charge on any atom is -0.504 e. The van der Waals surface area contributed by atoms with Gasteiger partial charge in [0, 0.05) is 12.1 Å². The second kappa shape index (κ2) is 5.95.